The molecule has 1 aliphatic heterocycles. The van der Waals surface area contributed by atoms with E-state index in [2.05, 4.69) is 5.10 Å². The van der Waals surface area contributed by atoms with Crippen LogP contribution >= 0.6 is 0 Å². The van der Waals surface area contributed by atoms with Gasteiger partial charge in [0.2, 0.25) is 12.2 Å². The number of hydrogen-bond donors (Lipinski definition) is 0. The van der Waals surface area contributed by atoms with E-state index in [0.717, 1.165) is 10.6 Å². The minimum absolute atomic E-state index is 0.0845. The Bertz CT molecular complexity index is 867. The first kappa shape index (κ1) is 17.7. The molecule has 0 unspecified atom stereocenters. The van der Waals surface area contributed by atoms with Gasteiger partial charge in [0.25, 0.3) is 5.91 Å². The number of benzene rings is 2. The quantitative estimate of drug-likeness (QED) is 0.608. The molecule has 7 heteroatoms. The van der Waals surface area contributed by atoms with Crippen molar-refractivity contribution in [1.29, 1.82) is 0 Å². The molecule has 0 saturated carbocycles. The normalized spacial score (nSPS) is 20.8. The monoisotopic (exact) mass is 355 g/mol. The van der Waals surface area contributed by atoms with Crippen molar-refractivity contribution >= 4 is 17.3 Å². The molecule has 0 aliphatic carbocycles. The molecular formula is C19H18FN3O3. The van der Waals surface area contributed by atoms with Crippen molar-refractivity contribution < 1.29 is 14.1 Å². The largest absolute Gasteiger partial charge is 0.291 e. The summed E-state index contributed by atoms with van der Waals surface area (Å²) in [5.74, 6) is -2.17. The highest BCUT2D eigenvalue weighted by Crippen LogP contribution is 2.40. The smallest absolute Gasteiger partial charge is 0.268 e. The van der Waals surface area contributed by atoms with Crippen molar-refractivity contribution in [2.45, 2.75) is 25.4 Å². The van der Waals surface area contributed by atoms with Gasteiger partial charge in [0.15, 0.2) is 0 Å². The second-order valence-electron chi connectivity index (χ2n) is 6.33. The topological polar surface area (TPSA) is 75.8 Å². The zero-order valence-corrected chi connectivity index (χ0v) is 14.4. The second-order valence-corrected chi connectivity index (χ2v) is 6.33. The van der Waals surface area contributed by atoms with Crippen molar-refractivity contribution in [2.75, 3.05) is 11.6 Å². The van der Waals surface area contributed by atoms with Crippen LogP contribution < -0.4 is 5.01 Å². The van der Waals surface area contributed by atoms with Crippen LogP contribution in [0.5, 0.6) is 0 Å². The van der Waals surface area contributed by atoms with Crippen molar-refractivity contribution in [1.82, 2.24) is 0 Å². The minimum atomic E-state index is -2.57. The summed E-state index contributed by atoms with van der Waals surface area (Å²) in [6.45, 7) is 2.55. The Hall–Kier alpha value is -3.09. The third-order valence-electron chi connectivity index (χ3n) is 4.57. The molecule has 134 valence electrons. The van der Waals surface area contributed by atoms with E-state index in [9.17, 15) is 14.9 Å². The molecule has 0 spiro atoms. The van der Waals surface area contributed by atoms with E-state index in [-0.39, 0.29) is 5.71 Å². The van der Waals surface area contributed by atoms with Gasteiger partial charge in [-0.2, -0.15) is 10.1 Å². The van der Waals surface area contributed by atoms with Gasteiger partial charge in [-0.05, 0) is 31.5 Å². The van der Waals surface area contributed by atoms with Gasteiger partial charge in [-0.3, -0.25) is 14.9 Å². The summed E-state index contributed by atoms with van der Waals surface area (Å²) in [5, 5.41) is 16.2. The Kier molecular flexibility index (Phi) is 4.54. The third kappa shape index (κ3) is 2.96. The molecule has 2 aromatic carbocycles. The Morgan fingerprint density at radius 2 is 1.77 bits per heavy atom. The third-order valence-corrected chi connectivity index (χ3v) is 4.57. The average molecular weight is 355 g/mol. The summed E-state index contributed by atoms with van der Waals surface area (Å²) >= 11 is 0. The zero-order chi connectivity index (χ0) is 18.9. The first-order valence-electron chi connectivity index (χ1n) is 8.16. The molecule has 0 fully saturated rings. The average Bonchev–Trinajstić information content (AvgIpc) is 2.86. The van der Waals surface area contributed by atoms with Crippen LogP contribution in [0.2, 0.25) is 0 Å². The SMILES string of the molecule is CC1=NN(c2ccccc2)C(=O)[C@]1(F)[C@H](C[N+](=O)[O-])c1ccc(C)cc1. The number of nitrogens with zero attached hydrogens (tertiary/aromatic N) is 3. The summed E-state index contributed by atoms with van der Waals surface area (Å²) in [7, 11) is 0. The van der Waals surface area contributed by atoms with Crippen molar-refractivity contribution in [2.24, 2.45) is 5.10 Å². The molecule has 0 bridgehead atoms. The lowest BCUT2D eigenvalue weighted by atomic mass is 9.80. The lowest BCUT2D eigenvalue weighted by molar-refractivity contribution is -0.485. The van der Waals surface area contributed by atoms with Gasteiger partial charge in [-0.15, -0.1) is 0 Å². The van der Waals surface area contributed by atoms with E-state index < -0.39 is 29.0 Å². The van der Waals surface area contributed by atoms with Gasteiger partial charge in [0.1, 0.15) is 0 Å². The first-order chi connectivity index (χ1) is 12.3. The number of alkyl halides is 1. The molecule has 2 atom stereocenters. The van der Waals surface area contributed by atoms with Crippen molar-refractivity contribution in [3.63, 3.8) is 0 Å². The maximum atomic E-state index is 16.0. The number of anilines is 1. The number of halogens is 1. The van der Waals surface area contributed by atoms with Gasteiger partial charge >= 0.3 is 0 Å². The van der Waals surface area contributed by atoms with Crippen LogP contribution in [0.4, 0.5) is 10.1 Å². The zero-order valence-electron chi connectivity index (χ0n) is 14.4. The molecule has 1 aliphatic rings. The number of nitro groups is 1. The van der Waals surface area contributed by atoms with Crippen LogP contribution in [0.25, 0.3) is 0 Å². The summed E-state index contributed by atoms with van der Waals surface area (Å²) in [6.07, 6.45) is 0. The molecule has 0 radical (unpaired) electrons. The maximum absolute atomic E-state index is 16.0. The molecule has 1 amide bonds. The summed E-state index contributed by atoms with van der Waals surface area (Å²) < 4.78 is 16.0. The molecule has 1 heterocycles. The predicted molar refractivity (Wildman–Crippen MR) is 96.7 cm³/mol. The van der Waals surface area contributed by atoms with Crippen LogP contribution in [-0.2, 0) is 4.79 Å². The predicted octanol–water partition coefficient (Wildman–Crippen LogP) is 3.49. The standard InChI is InChI=1S/C19H18FN3O3/c1-13-8-10-15(11-9-13)17(12-22(25)26)19(20)14(2)21-23(18(19)24)16-6-4-3-5-7-16/h3-11,17H,12H2,1-2H3/t17-,19-/m1/s1. The van der Waals surface area contributed by atoms with Crippen LogP contribution in [0.15, 0.2) is 59.7 Å². The van der Waals surface area contributed by atoms with E-state index in [1.165, 1.54) is 6.92 Å². The number of hydrazone groups is 1. The number of aryl methyl sites for hydroxylation is 1. The van der Waals surface area contributed by atoms with Gasteiger partial charge in [-0.25, -0.2) is 4.39 Å². The van der Waals surface area contributed by atoms with Crippen LogP contribution in [0.3, 0.4) is 0 Å². The summed E-state index contributed by atoms with van der Waals surface area (Å²) in [5.41, 5.74) is -0.903. The van der Waals surface area contributed by atoms with Crippen LogP contribution in [-0.4, -0.2) is 28.8 Å². The second kappa shape index (κ2) is 6.67. The van der Waals surface area contributed by atoms with Gasteiger partial charge in [-0.1, -0.05) is 48.0 Å². The molecule has 0 saturated heterocycles. The fraction of sp³-hybridized carbons (Fsp3) is 0.263. The highest BCUT2D eigenvalue weighted by molar-refractivity contribution is 6.22. The van der Waals surface area contributed by atoms with E-state index in [4.69, 9.17) is 0 Å². The van der Waals surface area contributed by atoms with Crippen molar-refractivity contribution in [3.8, 4) is 0 Å². The van der Waals surface area contributed by atoms with Gasteiger partial charge < -0.3 is 0 Å². The first-order valence-corrected chi connectivity index (χ1v) is 8.16. The van der Waals surface area contributed by atoms with Crippen LogP contribution in [0.1, 0.15) is 24.0 Å². The highest BCUT2D eigenvalue weighted by Gasteiger charge is 2.58. The molecule has 3 rings (SSSR count). The molecule has 6 nitrogen and oxygen atoms in total. The number of carbonyl (C=O) groups is 1. The lowest BCUT2D eigenvalue weighted by Crippen LogP contribution is -2.49. The van der Waals surface area contributed by atoms with E-state index in [1.54, 1.807) is 54.6 Å². The Balaban J connectivity index is 2.05. The molecule has 2 aromatic rings. The van der Waals surface area contributed by atoms with E-state index in [1.807, 2.05) is 6.92 Å². The lowest BCUT2D eigenvalue weighted by Gasteiger charge is -2.27. The highest BCUT2D eigenvalue weighted by atomic mass is 19.1. The Morgan fingerprint density at radius 1 is 1.15 bits per heavy atom. The van der Waals surface area contributed by atoms with Gasteiger partial charge in [0.05, 0.1) is 17.3 Å². The maximum Gasteiger partial charge on any atom is 0.291 e. The van der Waals surface area contributed by atoms with E-state index in [0.29, 0.717) is 11.3 Å². The fourth-order valence-corrected chi connectivity index (χ4v) is 3.13. The number of hydrogen-bond acceptors (Lipinski definition) is 4. The molecule has 26 heavy (non-hydrogen) atoms. The Morgan fingerprint density at radius 3 is 2.35 bits per heavy atom. The summed E-state index contributed by atoms with van der Waals surface area (Å²) in [6, 6.07) is 15.2. The molecule has 0 aromatic heterocycles. The number of para-hydroxylation sites is 1. The van der Waals surface area contributed by atoms with Crippen molar-refractivity contribution in [3.05, 3.63) is 75.8 Å². The Labute approximate surface area is 150 Å². The molecule has 0 N–H and O–H groups in total. The number of rotatable bonds is 5. The number of carbonyl (C=O) groups excluding carboxylic acids is 1. The van der Waals surface area contributed by atoms with E-state index >= 15 is 4.39 Å². The van der Waals surface area contributed by atoms with Gasteiger partial charge in [0, 0.05) is 4.92 Å². The van der Waals surface area contributed by atoms with Crippen LogP contribution in [0, 0.1) is 17.0 Å². The summed E-state index contributed by atoms with van der Waals surface area (Å²) in [4.78, 5) is 23.5. The minimum Gasteiger partial charge on any atom is -0.268 e. The fourth-order valence-electron chi connectivity index (χ4n) is 3.13. The molecular weight excluding hydrogens is 337 g/mol. The number of amides is 1.